The molecule has 0 spiro atoms. The first-order valence-electron chi connectivity index (χ1n) is 5.60. The molecular formula is C13H11BrFN3O2. The number of hydrogen-bond acceptors (Lipinski definition) is 4. The molecule has 104 valence electrons. The molecule has 5 nitrogen and oxygen atoms in total. The second kappa shape index (κ2) is 5.46. The van der Waals surface area contributed by atoms with Gasteiger partial charge in [-0.15, -0.1) is 0 Å². The van der Waals surface area contributed by atoms with Gasteiger partial charge in [0.2, 0.25) is 0 Å². The van der Waals surface area contributed by atoms with E-state index in [2.05, 4.69) is 26.2 Å². The van der Waals surface area contributed by atoms with Gasteiger partial charge in [-0.3, -0.25) is 0 Å². The highest BCUT2D eigenvalue weighted by atomic mass is 79.9. The van der Waals surface area contributed by atoms with Crippen molar-refractivity contribution >= 4 is 39.1 Å². The summed E-state index contributed by atoms with van der Waals surface area (Å²) in [5.74, 6) is -1.30. The summed E-state index contributed by atoms with van der Waals surface area (Å²) in [5, 5.41) is 11.9. The van der Waals surface area contributed by atoms with Gasteiger partial charge in [-0.2, -0.15) is 0 Å². The number of carboxylic acid groups (broad SMARTS) is 1. The number of nitrogens with zero attached hydrogens (tertiary/aromatic N) is 1. The number of benzene rings is 1. The summed E-state index contributed by atoms with van der Waals surface area (Å²) in [6.07, 6.45) is 1.34. The van der Waals surface area contributed by atoms with E-state index >= 15 is 0 Å². The third-order valence-corrected chi connectivity index (χ3v) is 3.35. The lowest BCUT2D eigenvalue weighted by atomic mass is 10.2. The Morgan fingerprint density at radius 1 is 1.50 bits per heavy atom. The van der Waals surface area contributed by atoms with E-state index in [9.17, 15) is 9.18 Å². The average Bonchev–Trinajstić information content (AvgIpc) is 2.37. The van der Waals surface area contributed by atoms with Crippen LogP contribution in [0.25, 0.3) is 0 Å². The van der Waals surface area contributed by atoms with Gasteiger partial charge in [0.25, 0.3) is 0 Å². The summed E-state index contributed by atoms with van der Waals surface area (Å²) in [5.41, 5.74) is 6.97. The SMILES string of the molecule is Cc1cc(F)c(Br)cc1Nc1nccc(C(=O)O)c1N. The van der Waals surface area contributed by atoms with Crippen LogP contribution in [0.5, 0.6) is 0 Å². The predicted octanol–water partition coefficient (Wildman–Crippen LogP) is 3.32. The molecule has 7 heteroatoms. The molecule has 0 aliphatic heterocycles. The topological polar surface area (TPSA) is 88.2 Å². The zero-order chi connectivity index (χ0) is 14.9. The van der Waals surface area contributed by atoms with Crippen molar-refractivity contribution in [2.75, 3.05) is 11.1 Å². The Labute approximate surface area is 122 Å². The van der Waals surface area contributed by atoms with Crippen molar-refractivity contribution in [1.82, 2.24) is 4.98 Å². The van der Waals surface area contributed by atoms with Gasteiger partial charge in [-0.25, -0.2) is 14.2 Å². The Morgan fingerprint density at radius 3 is 2.85 bits per heavy atom. The van der Waals surface area contributed by atoms with Crippen LogP contribution < -0.4 is 11.1 Å². The monoisotopic (exact) mass is 339 g/mol. The summed E-state index contributed by atoms with van der Waals surface area (Å²) in [7, 11) is 0. The number of aromatic nitrogens is 1. The number of rotatable bonds is 3. The number of carboxylic acids is 1. The number of halogens is 2. The van der Waals surface area contributed by atoms with Crippen LogP contribution in [-0.4, -0.2) is 16.1 Å². The third-order valence-electron chi connectivity index (χ3n) is 2.74. The summed E-state index contributed by atoms with van der Waals surface area (Å²) >= 11 is 3.09. The van der Waals surface area contributed by atoms with E-state index in [1.54, 1.807) is 13.0 Å². The Kier molecular flexibility index (Phi) is 3.89. The molecule has 0 unspecified atom stereocenters. The minimum absolute atomic E-state index is 0.0276. The first-order chi connectivity index (χ1) is 9.40. The first kappa shape index (κ1) is 14.3. The van der Waals surface area contributed by atoms with Crippen LogP contribution in [0.2, 0.25) is 0 Å². The van der Waals surface area contributed by atoms with Gasteiger partial charge in [0.1, 0.15) is 5.82 Å². The maximum atomic E-state index is 13.4. The van der Waals surface area contributed by atoms with Crippen LogP contribution in [0.15, 0.2) is 28.9 Å². The lowest BCUT2D eigenvalue weighted by molar-refractivity contribution is 0.0698. The van der Waals surface area contributed by atoms with Gasteiger partial charge in [-0.05, 0) is 46.6 Å². The summed E-state index contributed by atoms with van der Waals surface area (Å²) < 4.78 is 13.6. The van der Waals surface area contributed by atoms with Crippen LogP contribution >= 0.6 is 15.9 Å². The van der Waals surface area contributed by atoms with Gasteiger partial charge >= 0.3 is 5.97 Å². The molecular weight excluding hydrogens is 329 g/mol. The van der Waals surface area contributed by atoms with E-state index in [0.29, 0.717) is 15.7 Å². The molecule has 1 aromatic carbocycles. The minimum Gasteiger partial charge on any atom is -0.478 e. The highest BCUT2D eigenvalue weighted by molar-refractivity contribution is 9.10. The highest BCUT2D eigenvalue weighted by Gasteiger charge is 2.13. The summed E-state index contributed by atoms with van der Waals surface area (Å²) in [4.78, 5) is 15.0. The molecule has 0 fully saturated rings. The number of aryl methyl sites for hydroxylation is 1. The molecule has 0 saturated carbocycles. The zero-order valence-electron chi connectivity index (χ0n) is 10.4. The summed E-state index contributed by atoms with van der Waals surface area (Å²) in [6.45, 7) is 1.72. The molecule has 1 aromatic heterocycles. The van der Waals surface area contributed by atoms with Gasteiger partial charge < -0.3 is 16.2 Å². The largest absolute Gasteiger partial charge is 0.478 e. The molecule has 0 aliphatic carbocycles. The van der Waals surface area contributed by atoms with Crippen molar-refractivity contribution in [3.63, 3.8) is 0 Å². The van der Waals surface area contributed by atoms with Crippen molar-refractivity contribution in [2.24, 2.45) is 0 Å². The summed E-state index contributed by atoms with van der Waals surface area (Å²) in [6, 6.07) is 4.21. The normalized spacial score (nSPS) is 10.3. The molecule has 0 saturated heterocycles. The molecule has 0 bridgehead atoms. The van der Waals surface area contributed by atoms with Gasteiger partial charge in [0, 0.05) is 11.9 Å². The van der Waals surface area contributed by atoms with Gasteiger partial charge in [0.05, 0.1) is 15.7 Å². The number of nitrogens with two attached hydrogens (primary N) is 1. The fraction of sp³-hybridized carbons (Fsp3) is 0.0769. The van der Waals surface area contributed by atoms with Crippen molar-refractivity contribution in [3.8, 4) is 0 Å². The molecule has 0 radical (unpaired) electrons. The standard InChI is InChI=1S/C13H11BrFN3O2/c1-6-4-9(15)8(14)5-10(6)18-12-11(16)7(13(19)20)2-3-17-12/h2-5H,16H2,1H3,(H,17,18)(H,19,20). The van der Waals surface area contributed by atoms with Gasteiger partial charge in [-0.1, -0.05) is 0 Å². The third kappa shape index (κ3) is 2.72. The molecule has 4 N–H and O–H groups in total. The van der Waals surface area contributed by atoms with Crippen molar-refractivity contribution in [3.05, 3.63) is 45.8 Å². The zero-order valence-corrected chi connectivity index (χ0v) is 12.0. The number of aromatic carboxylic acids is 1. The van der Waals surface area contributed by atoms with E-state index in [-0.39, 0.29) is 22.9 Å². The lowest BCUT2D eigenvalue weighted by Crippen LogP contribution is -2.07. The molecule has 2 rings (SSSR count). The molecule has 20 heavy (non-hydrogen) atoms. The Balaban J connectivity index is 2.43. The van der Waals surface area contributed by atoms with Crippen LogP contribution in [0.1, 0.15) is 15.9 Å². The minimum atomic E-state index is -1.13. The van der Waals surface area contributed by atoms with Crippen LogP contribution in [0.4, 0.5) is 21.6 Å². The van der Waals surface area contributed by atoms with Crippen molar-refractivity contribution < 1.29 is 14.3 Å². The number of pyridine rings is 1. The maximum absolute atomic E-state index is 13.4. The van der Waals surface area contributed by atoms with Crippen LogP contribution in [0.3, 0.4) is 0 Å². The fourth-order valence-electron chi connectivity index (χ4n) is 1.67. The second-order valence-electron chi connectivity index (χ2n) is 4.13. The fourth-order valence-corrected chi connectivity index (χ4v) is 2.01. The van der Waals surface area contributed by atoms with Crippen LogP contribution in [-0.2, 0) is 0 Å². The molecule has 1 heterocycles. The second-order valence-corrected chi connectivity index (χ2v) is 4.99. The molecule has 0 atom stereocenters. The van der Waals surface area contributed by atoms with Crippen molar-refractivity contribution in [2.45, 2.75) is 6.92 Å². The quantitative estimate of drug-likeness (QED) is 0.798. The average molecular weight is 340 g/mol. The number of anilines is 3. The Bertz CT molecular complexity index is 692. The number of nitrogen functional groups attached to an aromatic ring is 1. The van der Waals surface area contributed by atoms with Crippen LogP contribution in [0, 0.1) is 12.7 Å². The van der Waals surface area contributed by atoms with E-state index < -0.39 is 5.97 Å². The lowest BCUT2D eigenvalue weighted by Gasteiger charge is -2.12. The highest BCUT2D eigenvalue weighted by Crippen LogP contribution is 2.29. The van der Waals surface area contributed by atoms with E-state index in [1.807, 2.05) is 0 Å². The number of nitrogens with one attached hydrogen (secondary N) is 1. The van der Waals surface area contributed by atoms with E-state index in [0.717, 1.165) is 0 Å². The first-order valence-corrected chi connectivity index (χ1v) is 6.40. The number of hydrogen-bond donors (Lipinski definition) is 3. The van der Waals surface area contributed by atoms with E-state index in [1.165, 1.54) is 18.3 Å². The smallest absolute Gasteiger partial charge is 0.337 e. The maximum Gasteiger partial charge on any atom is 0.337 e. The molecule has 0 aliphatic rings. The molecule has 0 amide bonds. The predicted molar refractivity (Wildman–Crippen MR) is 77.7 cm³/mol. The molecule has 2 aromatic rings. The van der Waals surface area contributed by atoms with E-state index in [4.69, 9.17) is 10.8 Å². The Morgan fingerprint density at radius 2 is 2.20 bits per heavy atom. The van der Waals surface area contributed by atoms with Gasteiger partial charge in [0.15, 0.2) is 5.82 Å². The van der Waals surface area contributed by atoms with Crippen molar-refractivity contribution in [1.29, 1.82) is 0 Å². The Hall–Kier alpha value is -2.15. The number of carbonyl (C=O) groups is 1.